The van der Waals surface area contributed by atoms with E-state index in [0.717, 1.165) is 9.75 Å². The molecule has 40 heavy (non-hydrogen) atoms. The first-order valence-electron chi connectivity index (χ1n) is 13.1. The molecule has 4 amide bonds. The van der Waals surface area contributed by atoms with Gasteiger partial charge in [-0.05, 0) is 47.2 Å². The Morgan fingerprint density at radius 2 is 0.850 bits per heavy atom. The largest absolute Gasteiger partial charge is 0.274 e. The van der Waals surface area contributed by atoms with Crippen LogP contribution in [0.4, 0.5) is 11.4 Å². The number of rotatable bonds is 4. The molecule has 0 unspecified atom stereocenters. The number of para-hydroxylation sites is 2. The van der Waals surface area contributed by atoms with Crippen LogP contribution in [0, 0.1) is 11.8 Å². The van der Waals surface area contributed by atoms with Crippen LogP contribution in [0.25, 0.3) is 0 Å². The van der Waals surface area contributed by atoms with Gasteiger partial charge in [-0.25, -0.2) is 19.8 Å². The Kier molecular flexibility index (Phi) is 5.24. The Hall–Kier alpha value is -3.96. The molecule has 4 aromatic rings. The normalized spacial score (nSPS) is 29.9. The molecule has 8 rings (SSSR count). The molecule has 4 fully saturated rings. The van der Waals surface area contributed by atoms with Gasteiger partial charge >= 0.3 is 0 Å². The first-order valence-corrected chi connectivity index (χ1v) is 14.8. The van der Waals surface area contributed by atoms with Crippen molar-refractivity contribution in [2.45, 2.75) is 24.2 Å². The van der Waals surface area contributed by atoms with Crippen LogP contribution in [0.2, 0.25) is 0 Å². The smallest absolute Gasteiger partial charge is 0.253 e. The third kappa shape index (κ3) is 3.07. The molecule has 0 N–H and O–H groups in total. The standard InChI is InChI=1S/C30H22N4O4S2/c35-27-21-23(19-13-7-15-39-19)34-26-22(28(36)32(30(26)38)18-11-5-2-6-12-18)24(20-14-8-16-40-20)33(34)25(21)29(37)31(27)17-9-3-1-4-10-17/h1-16,21-26H/t21-,22-,23-,24+,25+,26+/m0/s1. The fourth-order valence-corrected chi connectivity index (χ4v) is 8.71. The Morgan fingerprint density at radius 1 is 0.450 bits per heavy atom. The summed E-state index contributed by atoms with van der Waals surface area (Å²) in [7, 11) is 0. The molecule has 4 saturated heterocycles. The number of anilines is 2. The monoisotopic (exact) mass is 566 g/mol. The van der Waals surface area contributed by atoms with Crippen LogP contribution in [0.3, 0.4) is 0 Å². The molecule has 0 saturated carbocycles. The van der Waals surface area contributed by atoms with Crippen LogP contribution in [-0.4, -0.2) is 45.7 Å². The second-order valence-electron chi connectivity index (χ2n) is 10.3. The van der Waals surface area contributed by atoms with Crippen LogP contribution < -0.4 is 9.80 Å². The molecule has 0 radical (unpaired) electrons. The van der Waals surface area contributed by atoms with E-state index >= 15 is 0 Å². The number of hydrazine groups is 1. The predicted octanol–water partition coefficient (Wildman–Crippen LogP) is 4.25. The third-order valence-electron chi connectivity index (χ3n) is 8.42. The zero-order valence-electron chi connectivity index (χ0n) is 20.9. The number of imide groups is 2. The fraction of sp³-hybridized carbons (Fsp3) is 0.200. The number of thiophene rings is 2. The van der Waals surface area contributed by atoms with Crippen molar-refractivity contribution in [1.29, 1.82) is 0 Å². The van der Waals surface area contributed by atoms with E-state index in [1.165, 1.54) is 32.5 Å². The average molecular weight is 567 g/mol. The van der Waals surface area contributed by atoms with E-state index in [-0.39, 0.29) is 23.6 Å². The highest BCUT2D eigenvalue weighted by Gasteiger charge is 2.74. The van der Waals surface area contributed by atoms with Gasteiger partial charge in [-0.2, -0.15) is 0 Å². The maximum absolute atomic E-state index is 14.2. The number of hydrogen-bond donors (Lipinski definition) is 0. The summed E-state index contributed by atoms with van der Waals surface area (Å²) in [6.45, 7) is 0. The van der Waals surface area contributed by atoms with E-state index in [0.29, 0.717) is 11.4 Å². The Labute approximate surface area is 237 Å². The van der Waals surface area contributed by atoms with Gasteiger partial charge in [0.25, 0.3) is 11.8 Å². The van der Waals surface area contributed by atoms with Crippen LogP contribution in [0.1, 0.15) is 21.8 Å². The van der Waals surface area contributed by atoms with Crippen LogP contribution in [0.5, 0.6) is 0 Å². The first-order chi connectivity index (χ1) is 19.6. The number of fused-ring (bicyclic) bond motifs is 5. The number of carbonyl (C=O) groups excluding carboxylic acids is 4. The third-order valence-corrected chi connectivity index (χ3v) is 10.3. The van der Waals surface area contributed by atoms with Crippen molar-refractivity contribution in [3.63, 3.8) is 0 Å². The average Bonchev–Trinajstić information content (AvgIpc) is 3.80. The van der Waals surface area contributed by atoms with Crippen molar-refractivity contribution in [3.05, 3.63) is 105 Å². The fourth-order valence-electron chi connectivity index (χ4n) is 6.97. The van der Waals surface area contributed by atoms with Crippen molar-refractivity contribution in [2.24, 2.45) is 11.8 Å². The van der Waals surface area contributed by atoms with Crippen LogP contribution in [-0.2, 0) is 19.2 Å². The molecule has 0 aliphatic carbocycles. The van der Waals surface area contributed by atoms with Gasteiger partial charge < -0.3 is 0 Å². The van der Waals surface area contributed by atoms with Crippen LogP contribution in [0.15, 0.2) is 95.7 Å². The topological polar surface area (TPSA) is 81.2 Å². The second-order valence-corrected chi connectivity index (χ2v) is 12.3. The molecular formula is C30H22N4O4S2. The van der Waals surface area contributed by atoms with E-state index in [1.807, 2.05) is 57.2 Å². The summed E-state index contributed by atoms with van der Waals surface area (Å²) < 4.78 is 0. The van der Waals surface area contributed by atoms with Crippen molar-refractivity contribution in [2.75, 3.05) is 9.80 Å². The summed E-state index contributed by atoms with van der Waals surface area (Å²) in [5, 5.41) is 7.70. The molecule has 2 aromatic carbocycles. The molecule has 198 valence electrons. The minimum absolute atomic E-state index is 0.285. The molecule has 8 nitrogen and oxygen atoms in total. The van der Waals surface area contributed by atoms with Gasteiger partial charge in [0.15, 0.2) is 0 Å². The summed E-state index contributed by atoms with van der Waals surface area (Å²) in [4.78, 5) is 61.0. The molecule has 4 aliphatic heterocycles. The number of amides is 4. The van der Waals surface area contributed by atoms with E-state index in [9.17, 15) is 19.2 Å². The summed E-state index contributed by atoms with van der Waals surface area (Å²) in [6.07, 6.45) is 0. The van der Waals surface area contributed by atoms with Gasteiger partial charge in [0.1, 0.15) is 12.1 Å². The van der Waals surface area contributed by atoms with Crippen molar-refractivity contribution < 1.29 is 19.2 Å². The molecule has 6 atom stereocenters. The molecular weight excluding hydrogens is 544 g/mol. The molecule has 4 aliphatic rings. The Bertz CT molecular complexity index is 1520. The minimum Gasteiger partial charge on any atom is -0.274 e. The maximum atomic E-state index is 14.2. The summed E-state index contributed by atoms with van der Waals surface area (Å²) in [5.74, 6) is -2.66. The predicted molar refractivity (Wildman–Crippen MR) is 150 cm³/mol. The summed E-state index contributed by atoms with van der Waals surface area (Å²) in [6, 6.07) is 22.9. The van der Waals surface area contributed by atoms with Crippen molar-refractivity contribution in [1.82, 2.24) is 10.0 Å². The lowest BCUT2D eigenvalue weighted by Gasteiger charge is -2.35. The highest BCUT2D eigenvalue weighted by atomic mass is 32.1. The van der Waals surface area contributed by atoms with Gasteiger partial charge in [-0.3, -0.25) is 19.2 Å². The summed E-state index contributed by atoms with van der Waals surface area (Å²) >= 11 is 2.99. The highest BCUT2D eigenvalue weighted by molar-refractivity contribution is 7.10. The zero-order chi connectivity index (χ0) is 27.1. The first kappa shape index (κ1) is 23.9. The SMILES string of the molecule is O=C1[C@@H]2[C@H](C(=O)N1c1ccccc1)N1[C@H](c3cccs3)[C@@H]3C(=O)N(c4ccccc4)C(=O)[C@@H]3N1[C@H]2c1cccs1. The lowest BCUT2D eigenvalue weighted by Crippen LogP contribution is -2.50. The Balaban J connectivity index is 1.32. The van der Waals surface area contributed by atoms with Gasteiger partial charge in [-0.1, -0.05) is 48.5 Å². The zero-order valence-corrected chi connectivity index (χ0v) is 22.6. The van der Waals surface area contributed by atoms with E-state index in [1.54, 1.807) is 48.5 Å². The molecule has 0 spiro atoms. The number of carbonyl (C=O) groups is 4. The van der Waals surface area contributed by atoms with E-state index < -0.39 is 36.0 Å². The highest BCUT2D eigenvalue weighted by Crippen LogP contribution is 2.60. The van der Waals surface area contributed by atoms with Gasteiger partial charge in [0.05, 0.1) is 35.3 Å². The van der Waals surface area contributed by atoms with Crippen molar-refractivity contribution >= 4 is 57.7 Å². The van der Waals surface area contributed by atoms with Gasteiger partial charge in [-0.15, -0.1) is 22.7 Å². The maximum Gasteiger partial charge on any atom is 0.253 e. The lowest BCUT2D eigenvalue weighted by molar-refractivity contribution is -0.135. The second kappa shape index (κ2) is 8.77. The van der Waals surface area contributed by atoms with Crippen molar-refractivity contribution in [3.8, 4) is 0 Å². The van der Waals surface area contributed by atoms with E-state index in [4.69, 9.17) is 0 Å². The number of nitrogens with zero attached hydrogens (tertiary/aromatic N) is 4. The molecule has 0 bridgehead atoms. The molecule has 2 aromatic heterocycles. The Morgan fingerprint density at radius 3 is 1.20 bits per heavy atom. The number of benzene rings is 2. The van der Waals surface area contributed by atoms with E-state index in [2.05, 4.69) is 0 Å². The lowest BCUT2D eigenvalue weighted by atomic mass is 9.88. The summed E-state index contributed by atoms with van der Waals surface area (Å²) in [5.41, 5.74) is 1.05. The molecule has 6 heterocycles. The number of hydrogen-bond acceptors (Lipinski definition) is 8. The van der Waals surface area contributed by atoms with Crippen LogP contribution >= 0.6 is 22.7 Å². The molecule has 10 heteroatoms. The minimum atomic E-state index is -0.830. The quantitative estimate of drug-likeness (QED) is 0.344. The van der Waals surface area contributed by atoms with Gasteiger partial charge in [0, 0.05) is 9.75 Å². The van der Waals surface area contributed by atoms with Gasteiger partial charge in [0.2, 0.25) is 11.8 Å².